The van der Waals surface area contributed by atoms with Crippen LogP contribution in [0.15, 0.2) is 84.0 Å². The van der Waals surface area contributed by atoms with Gasteiger partial charge in [0.05, 0.1) is 11.8 Å². The maximum atomic E-state index is 13.5. The zero-order chi connectivity index (χ0) is 21.9. The van der Waals surface area contributed by atoms with E-state index in [0.29, 0.717) is 6.61 Å². The molecule has 0 unspecified atom stereocenters. The van der Waals surface area contributed by atoms with Crippen molar-refractivity contribution in [2.24, 2.45) is 5.10 Å². The van der Waals surface area contributed by atoms with E-state index in [1.807, 2.05) is 54.6 Å². The molecule has 0 atom stereocenters. The summed E-state index contributed by atoms with van der Waals surface area (Å²) in [4.78, 5) is 23.7. The highest BCUT2D eigenvalue weighted by molar-refractivity contribution is 5.94. The van der Waals surface area contributed by atoms with E-state index in [9.17, 15) is 14.0 Å². The van der Waals surface area contributed by atoms with Crippen LogP contribution in [0.25, 0.3) is 0 Å². The fourth-order valence-corrected chi connectivity index (χ4v) is 2.66. The molecule has 0 spiro atoms. The lowest BCUT2D eigenvalue weighted by Crippen LogP contribution is -2.29. The van der Waals surface area contributed by atoms with Gasteiger partial charge in [0, 0.05) is 13.0 Å². The minimum absolute atomic E-state index is 0.0177. The molecule has 158 valence electrons. The average Bonchev–Trinajstić information content (AvgIpc) is 2.79. The van der Waals surface area contributed by atoms with Crippen molar-refractivity contribution in [1.82, 2.24) is 10.7 Å². The summed E-state index contributed by atoms with van der Waals surface area (Å²) in [5, 5.41) is 6.40. The molecule has 0 heterocycles. The normalized spacial score (nSPS) is 10.6. The number of nitrogens with one attached hydrogen (secondary N) is 2. The van der Waals surface area contributed by atoms with Gasteiger partial charge < -0.3 is 10.1 Å². The van der Waals surface area contributed by atoms with Crippen LogP contribution >= 0.6 is 0 Å². The molecular weight excluding hydrogens is 397 g/mol. The fourth-order valence-electron chi connectivity index (χ4n) is 2.66. The van der Waals surface area contributed by atoms with Crippen molar-refractivity contribution in [3.05, 3.63) is 101 Å². The van der Waals surface area contributed by atoms with Crippen LogP contribution in [-0.2, 0) is 11.4 Å². The number of nitrogens with zero attached hydrogens (tertiary/aromatic N) is 1. The lowest BCUT2D eigenvalue weighted by molar-refractivity contribution is -0.120. The van der Waals surface area contributed by atoms with Gasteiger partial charge in [-0.25, -0.2) is 9.82 Å². The number of hydrogen-bond acceptors (Lipinski definition) is 4. The summed E-state index contributed by atoms with van der Waals surface area (Å²) in [6.45, 7) is 0.555. The van der Waals surface area contributed by atoms with Gasteiger partial charge in [0.1, 0.15) is 18.2 Å². The predicted molar refractivity (Wildman–Crippen MR) is 116 cm³/mol. The Morgan fingerprint density at radius 1 is 0.935 bits per heavy atom. The van der Waals surface area contributed by atoms with Crippen LogP contribution in [0, 0.1) is 5.82 Å². The minimum Gasteiger partial charge on any atom is -0.489 e. The Morgan fingerprint density at radius 2 is 1.65 bits per heavy atom. The second kappa shape index (κ2) is 11.3. The highest BCUT2D eigenvalue weighted by Gasteiger charge is 2.10. The molecule has 6 nitrogen and oxygen atoms in total. The Balaban J connectivity index is 1.37. The fraction of sp³-hybridized carbons (Fsp3) is 0.125. The number of halogens is 1. The minimum atomic E-state index is -0.606. The number of hydrogen-bond donors (Lipinski definition) is 2. The summed E-state index contributed by atoms with van der Waals surface area (Å²) in [5.74, 6) is -0.807. The maximum absolute atomic E-state index is 13.5. The van der Waals surface area contributed by atoms with Gasteiger partial charge >= 0.3 is 0 Å². The monoisotopic (exact) mass is 419 g/mol. The summed E-state index contributed by atoms with van der Waals surface area (Å²) in [6.07, 6.45) is 1.53. The van der Waals surface area contributed by atoms with E-state index in [1.54, 1.807) is 6.07 Å². The molecule has 2 N–H and O–H groups in total. The molecule has 31 heavy (non-hydrogen) atoms. The maximum Gasteiger partial charge on any atom is 0.254 e. The third kappa shape index (κ3) is 7.08. The van der Waals surface area contributed by atoms with Crippen LogP contribution in [0.1, 0.15) is 27.9 Å². The van der Waals surface area contributed by atoms with Gasteiger partial charge in [-0.05, 0) is 47.5 Å². The highest BCUT2D eigenvalue weighted by Crippen LogP contribution is 2.13. The lowest BCUT2D eigenvalue weighted by atomic mass is 10.2. The van der Waals surface area contributed by atoms with Gasteiger partial charge in [0.2, 0.25) is 5.91 Å². The number of benzene rings is 3. The number of amides is 2. The van der Waals surface area contributed by atoms with Crippen LogP contribution in [0.4, 0.5) is 4.39 Å². The van der Waals surface area contributed by atoms with Crippen LogP contribution in [0.2, 0.25) is 0 Å². The topological polar surface area (TPSA) is 79.8 Å². The van der Waals surface area contributed by atoms with Gasteiger partial charge in [-0.15, -0.1) is 0 Å². The third-order valence-corrected chi connectivity index (χ3v) is 4.29. The van der Waals surface area contributed by atoms with Crippen molar-refractivity contribution in [2.45, 2.75) is 13.0 Å². The molecule has 0 aliphatic rings. The van der Waals surface area contributed by atoms with Gasteiger partial charge in [0.25, 0.3) is 5.91 Å². The average molecular weight is 419 g/mol. The quantitative estimate of drug-likeness (QED) is 0.410. The SMILES string of the molecule is O=C(CCNC(=O)c1ccccc1F)NN=Cc1ccc(OCc2ccccc2)cc1. The molecular formula is C24H22FN3O3. The molecule has 3 aromatic carbocycles. The molecule has 0 aliphatic carbocycles. The molecule has 0 aromatic heterocycles. The van der Waals surface area contributed by atoms with E-state index >= 15 is 0 Å². The van der Waals surface area contributed by atoms with Gasteiger partial charge in [-0.2, -0.15) is 5.10 Å². The van der Waals surface area contributed by atoms with Gasteiger partial charge in [-0.3, -0.25) is 9.59 Å². The Morgan fingerprint density at radius 3 is 2.39 bits per heavy atom. The first-order valence-corrected chi connectivity index (χ1v) is 9.73. The molecule has 0 aliphatic heterocycles. The van der Waals surface area contributed by atoms with Crippen molar-refractivity contribution < 1.29 is 18.7 Å². The molecule has 0 bridgehead atoms. The molecule has 3 aromatic rings. The Hall–Kier alpha value is -4.00. The molecule has 2 amide bonds. The molecule has 0 saturated carbocycles. The first-order chi connectivity index (χ1) is 15.1. The van der Waals surface area contributed by atoms with Crippen molar-refractivity contribution in [2.75, 3.05) is 6.54 Å². The summed E-state index contributed by atoms with van der Waals surface area (Å²) < 4.78 is 19.3. The summed E-state index contributed by atoms with van der Waals surface area (Å²) in [7, 11) is 0. The molecule has 3 rings (SSSR count). The second-order valence-corrected chi connectivity index (χ2v) is 6.62. The van der Waals surface area contributed by atoms with Crippen LogP contribution in [-0.4, -0.2) is 24.6 Å². The number of carbonyl (C=O) groups is 2. The predicted octanol–water partition coefficient (Wildman–Crippen LogP) is 3.67. The van der Waals surface area contributed by atoms with E-state index in [2.05, 4.69) is 15.8 Å². The highest BCUT2D eigenvalue weighted by atomic mass is 19.1. The van der Waals surface area contributed by atoms with Crippen LogP contribution < -0.4 is 15.5 Å². The standard InChI is InChI=1S/C24H22FN3O3/c25-22-9-5-4-8-21(22)24(30)26-15-14-23(29)28-27-16-18-10-12-20(13-11-18)31-17-19-6-2-1-3-7-19/h1-13,16H,14-15,17H2,(H,26,30)(H,28,29). The summed E-state index contributed by atoms with van der Waals surface area (Å²) >= 11 is 0. The van der Waals surface area contributed by atoms with E-state index < -0.39 is 11.7 Å². The Kier molecular flexibility index (Phi) is 7.88. The largest absolute Gasteiger partial charge is 0.489 e. The Bertz CT molecular complexity index is 1040. The van der Waals surface area contributed by atoms with Crippen molar-refractivity contribution >= 4 is 18.0 Å². The van der Waals surface area contributed by atoms with Crippen molar-refractivity contribution in [3.8, 4) is 5.75 Å². The number of ether oxygens (including phenoxy) is 1. The zero-order valence-electron chi connectivity index (χ0n) is 16.8. The number of carbonyl (C=O) groups excluding carboxylic acids is 2. The number of rotatable bonds is 9. The van der Waals surface area contributed by atoms with E-state index in [4.69, 9.17) is 4.74 Å². The third-order valence-electron chi connectivity index (χ3n) is 4.29. The smallest absolute Gasteiger partial charge is 0.254 e. The zero-order valence-corrected chi connectivity index (χ0v) is 16.8. The first kappa shape index (κ1) is 21.7. The Labute approximate surface area is 179 Å². The van der Waals surface area contributed by atoms with E-state index in [-0.39, 0.29) is 24.4 Å². The van der Waals surface area contributed by atoms with Gasteiger partial charge in [0.15, 0.2) is 0 Å². The van der Waals surface area contributed by atoms with Crippen molar-refractivity contribution in [3.63, 3.8) is 0 Å². The van der Waals surface area contributed by atoms with Crippen LogP contribution in [0.5, 0.6) is 5.75 Å². The molecule has 0 fully saturated rings. The van der Waals surface area contributed by atoms with Gasteiger partial charge in [-0.1, -0.05) is 42.5 Å². The molecule has 7 heteroatoms. The summed E-state index contributed by atoms with van der Waals surface area (Å²) in [5.41, 5.74) is 4.21. The summed E-state index contributed by atoms with van der Waals surface area (Å²) in [6, 6.07) is 22.8. The van der Waals surface area contributed by atoms with Crippen LogP contribution in [0.3, 0.4) is 0 Å². The van der Waals surface area contributed by atoms with E-state index in [0.717, 1.165) is 16.9 Å². The number of hydrazone groups is 1. The molecule has 0 radical (unpaired) electrons. The van der Waals surface area contributed by atoms with E-state index in [1.165, 1.54) is 24.4 Å². The first-order valence-electron chi connectivity index (χ1n) is 9.73. The molecule has 0 saturated heterocycles. The second-order valence-electron chi connectivity index (χ2n) is 6.62. The van der Waals surface area contributed by atoms with Crippen molar-refractivity contribution in [1.29, 1.82) is 0 Å². The lowest BCUT2D eigenvalue weighted by Gasteiger charge is -2.06.